The van der Waals surface area contributed by atoms with Gasteiger partial charge in [0.1, 0.15) is 11.6 Å². The van der Waals surface area contributed by atoms with Crippen LogP contribution in [0.25, 0.3) is 0 Å². The third-order valence-electron chi connectivity index (χ3n) is 6.31. The Morgan fingerprint density at radius 1 is 1.16 bits per heavy atom. The first-order chi connectivity index (χ1) is 15.2. The molecule has 1 unspecified atom stereocenters. The minimum absolute atomic E-state index is 0.00581. The number of hydrogen-bond donors (Lipinski definition) is 2. The minimum atomic E-state index is -0.0279. The fraction of sp³-hybridized carbons (Fsp3) is 0.522. The van der Waals surface area contributed by atoms with Crippen LogP contribution >= 0.6 is 0 Å². The molecule has 3 amide bonds. The van der Waals surface area contributed by atoms with Crippen LogP contribution in [-0.2, 0) is 11.2 Å². The molecule has 31 heavy (non-hydrogen) atoms. The topological polar surface area (TPSA) is 90.6 Å². The Hall–Kier alpha value is -3.03. The van der Waals surface area contributed by atoms with Crippen molar-refractivity contribution in [2.24, 2.45) is 0 Å². The van der Waals surface area contributed by atoms with Crippen LogP contribution in [0.2, 0.25) is 0 Å². The molecule has 0 spiro atoms. The number of aromatic nitrogens is 2. The number of methoxy groups -OCH3 is 1. The fourth-order valence-electron chi connectivity index (χ4n) is 4.57. The van der Waals surface area contributed by atoms with E-state index in [1.54, 1.807) is 19.5 Å². The molecule has 2 fully saturated rings. The molecule has 0 aliphatic carbocycles. The smallest absolute Gasteiger partial charge is 0.318 e. The van der Waals surface area contributed by atoms with Crippen molar-refractivity contribution in [3.63, 3.8) is 0 Å². The van der Waals surface area contributed by atoms with Gasteiger partial charge in [0.05, 0.1) is 19.6 Å². The second-order valence-electron chi connectivity index (χ2n) is 8.27. The lowest BCUT2D eigenvalue weighted by atomic mass is 10.0. The number of nitrogens with one attached hydrogen (secondary N) is 2. The normalized spacial score (nSPS) is 19.8. The zero-order valence-electron chi connectivity index (χ0n) is 18.0. The molecule has 2 saturated heterocycles. The molecule has 8 heteroatoms. The number of H-pyrrole nitrogens is 1. The highest BCUT2D eigenvalue weighted by atomic mass is 16.5. The molecule has 166 valence electrons. The van der Waals surface area contributed by atoms with Crippen LogP contribution in [0.5, 0.6) is 5.75 Å². The number of ether oxygens (including phenoxy) is 1. The van der Waals surface area contributed by atoms with Gasteiger partial charge in [-0.1, -0.05) is 18.2 Å². The number of benzene rings is 1. The predicted octanol–water partition coefficient (Wildman–Crippen LogP) is 2.89. The number of urea groups is 1. The van der Waals surface area contributed by atoms with E-state index in [-0.39, 0.29) is 24.0 Å². The number of para-hydroxylation sites is 1. The highest BCUT2D eigenvalue weighted by molar-refractivity contribution is 5.80. The maximum Gasteiger partial charge on any atom is 0.318 e. The van der Waals surface area contributed by atoms with Crippen molar-refractivity contribution in [1.82, 2.24) is 25.1 Å². The van der Waals surface area contributed by atoms with Crippen LogP contribution in [0.15, 0.2) is 36.7 Å². The van der Waals surface area contributed by atoms with E-state index in [1.165, 1.54) is 0 Å². The molecule has 0 bridgehead atoms. The van der Waals surface area contributed by atoms with E-state index in [1.807, 2.05) is 34.1 Å². The molecular weight excluding hydrogens is 394 g/mol. The molecule has 0 saturated carbocycles. The van der Waals surface area contributed by atoms with E-state index in [2.05, 4.69) is 15.3 Å². The summed E-state index contributed by atoms with van der Waals surface area (Å²) >= 11 is 0. The van der Waals surface area contributed by atoms with Crippen LogP contribution in [0.3, 0.4) is 0 Å². The van der Waals surface area contributed by atoms with Gasteiger partial charge >= 0.3 is 6.03 Å². The summed E-state index contributed by atoms with van der Waals surface area (Å²) in [5.74, 6) is 1.69. The third-order valence-corrected chi connectivity index (χ3v) is 6.31. The van der Waals surface area contributed by atoms with Gasteiger partial charge in [-0.3, -0.25) is 4.79 Å². The van der Waals surface area contributed by atoms with Crippen LogP contribution in [-0.4, -0.2) is 64.5 Å². The van der Waals surface area contributed by atoms with Gasteiger partial charge in [0, 0.05) is 43.6 Å². The first-order valence-corrected chi connectivity index (χ1v) is 11.1. The largest absolute Gasteiger partial charge is 0.496 e. The lowest BCUT2D eigenvalue weighted by molar-refractivity contribution is -0.131. The van der Waals surface area contributed by atoms with E-state index in [0.29, 0.717) is 19.5 Å². The molecule has 4 rings (SSSR count). The molecule has 2 aliphatic heterocycles. The van der Waals surface area contributed by atoms with E-state index >= 15 is 0 Å². The first-order valence-electron chi connectivity index (χ1n) is 11.1. The second-order valence-corrected chi connectivity index (χ2v) is 8.27. The molecule has 2 aromatic rings. The number of likely N-dealkylation sites (tertiary alicyclic amines) is 2. The molecule has 2 aliphatic rings. The van der Waals surface area contributed by atoms with Gasteiger partial charge in [0.2, 0.25) is 5.91 Å². The number of nitrogens with zero attached hydrogens (tertiary/aromatic N) is 3. The monoisotopic (exact) mass is 425 g/mol. The summed E-state index contributed by atoms with van der Waals surface area (Å²) in [6.07, 6.45) is 8.44. The average Bonchev–Trinajstić information content (AvgIpc) is 3.35. The second kappa shape index (κ2) is 9.85. The number of rotatable bonds is 5. The average molecular weight is 426 g/mol. The number of carbonyl (C=O) groups excluding carboxylic acids is 2. The summed E-state index contributed by atoms with van der Waals surface area (Å²) in [4.78, 5) is 37.0. The number of amides is 3. The zero-order valence-corrected chi connectivity index (χ0v) is 18.0. The predicted molar refractivity (Wildman–Crippen MR) is 117 cm³/mol. The van der Waals surface area contributed by atoms with Crippen molar-refractivity contribution in [1.29, 1.82) is 0 Å². The number of imidazole rings is 1. The summed E-state index contributed by atoms with van der Waals surface area (Å²) in [6, 6.07) is 7.69. The van der Waals surface area contributed by atoms with Gasteiger partial charge in [-0.05, 0) is 38.2 Å². The lowest BCUT2D eigenvalue weighted by Crippen LogP contribution is -2.52. The summed E-state index contributed by atoms with van der Waals surface area (Å²) in [5.41, 5.74) is 0.902. The maximum absolute atomic E-state index is 13.0. The molecule has 2 N–H and O–H groups in total. The van der Waals surface area contributed by atoms with Crippen molar-refractivity contribution in [2.45, 2.75) is 50.6 Å². The van der Waals surface area contributed by atoms with E-state index in [4.69, 9.17) is 4.74 Å². The van der Waals surface area contributed by atoms with Crippen LogP contribution in [0.1, 0.15) is 49.5 Å². The zero-order chi connectivity index (χ0) is 21.6. The Labute approximate surface area is 183 Å². The lowest BCUT2D eigenvalue weighted by Gasteiger charge is -2.37. The molecule has 1 aromatic heterocycles. The van der Waals surface area contributed by atoms with Gasteiger partial charge in [-0.2, -0.15) is 0 Å². The maximum atomic E-state index is 13.0. The Bertz CT molecular complexity index is 877. The van der Waals surface area contributed by atoms with Gasteiger partial charge < -0.3 is 24.8 Å². The quantitative estimate of drug-likeness (QED) is 0.771. The molecule has 8 nitrogen and oxygen atoms in total. The molecule has 3 heterocycles. The number of hydrogen-bond acceptors (Lipinski definition) is 4. The van der Waals surface area contributed by atoms with Crippen molar-refractivity contribution in [3.05, 3.63) is 48.0 Å². The summed E-state index contributed by atoms with van der Waals surface area (Å²) in [6.45, 7) is 2.05. The molecular formula is C23H31N5O3. The fourth-order valence-corrected chi connectivity index (χ4v) is 4.57. The highest BCUT2D eigenvalue weighted by Crippen LogP contribution is 2.29. The Balaban J connectivity index is 1.28. The number of piperidine rings is 2. The van der Waals surface area contributed by atoms with Gasteiger partial charge in [-0.15, -0.1) is 0 Å². The van der Waals surface area contributed by atoms with Crippen LogP contribution < -0.4 is 10.1 Å². The first kappa shape index (κ1) is 21.2. The Morgan fingerprint density at radius 3 is 2.71 bits per heavy atom. The van der Waals surface area contributed by atoms with Crippen molar-refractivity contribution < 1.29 is 14.3 Å². The molecule has 0 radical (unpaired) electrons. The Morgan fingerprint density at radius 2 is 1.97 bits per heavy atom. The minimum Gasteiger partial charge on any atom is -0.496 e. The van der Waals surface area contributed by atoms with Crippen molar-refractivity contribution in [3.8, 4) is 5.75 Å². The third kappa shape index (κ3) is 5.00. The summed E-state index contributed by atoms with van der Waals surface area (Å²) in [5, 5.41) is 3.20. The summed E-state index contributed by atoms with van der Waals surface area (Å²) in [7, 11) is 1.62. The van der Waals surface area contributed by atoms with Crippen molar-refractivity contribution in [2.75, 3.05) is 26.7 Å². The van der Waals surface area contributed by atoms with E-state index < -0.39 is 0 Å². The number of aromatic amines is 1. The van der Waals surface area contributed by atoms with E-state index in [9.17, 15) is 9.59 Å². The van der Waals surface area contributed by atoms with Crippen LogP contribution in [0.4, 0.5) is 4.79 Å². The highest BCUT2D eigenvalue weighted by Gasteiger charge is 2.32. The SMILES string of the molecule is COc1ccccc1CC(=O)N1CCC(NC(=O)N2CCCCC2c2ncc[nH]2)CC1. The van der Waals surface area contributed by atoms with Gasteiger partial charge in [-0.25, -0.2) is 9.78 Å². The summed E-state index contributed by atoms with van der Waals surface area (Å²) < 4.78 is 5.36. The van der Waals surface area contributed by atoms with Crippen molar-refractivity contribution >= 4 is 11.9 Å². The molecule has 1 atom stereocenters. The van der Waals surface area contributed by atoms with E-state index in [0.717, 1.165) is 55.8 Å². The molecule has 1 aromatic carbocycles. The number of carbonyl (C=O) groups is 2. The van der Waals surface area contributed by atoms with Gasteiger partial charge in [0.25, 0.3) is 0 Å². The van der Waals surface area contributed by atoms with Gasteiger partial charge in [0.15, 0.2) is 0 Å². The standard InChI is InChI=1S/C23H31N5O3/c1-31-20-8-3-2-6-17(20)16-21(29)27-14-9-18(10-15-27)26-23(30)28-13-5-4-7-19(28)22-24-11-12-25-22/h2-3,6,8,11-12,18-19H,4-5,7,9-10,13-16H2,1H3,(H,24,25)(H,26,30). The Kier molecular flexibility index (Phi) is 6.74. The van der Waals surface area contributed by atoms with Crippen LogP contribution in [0, 0.1) is 0 Å².